The Morgan fingerprint density at radius 3 is 2.76 bits per heavy atom. The predicted molar refractivity (Wildman–Crippen MR) is 84.0 cm³/mol. The molecule has 0 aliphatic rings. The van der Waals surface area contributed by atoms with Gasteiger partial charge in [0, 0.05) is 11.7 Å². The standard InChI is InChI=1S/C18H17NO2/c1-13-7-8-14-9-10-19(16(14)11-13)12-17(20)15-5-3-4-6-18(15)21-2/h3-11H,12H2,1-2H3. The smallest absolute Gasteiger partial charge is 0.186 e. The lowest BCUT2D eigenvalue weighted by Crippen LogP contribution is -2.10. The van der Waals surface area contributed by atoms with Gasteiger partial charge in [-0.3, -0.25) is 4.79 Å². The zero-order chi connectivity index (χ0) is 14.8. The first-order valence-corrected chi connectivity index (χ1v) is 6.91. The number of ketones is 1. The summed E-state index contributed by atoms with van der Waals surface area (Å²) in [6.07, 6.45) is 1.96. The number of hydrogen-bond donors (Lipinski definition) is 0. The molecule has 0 spiro atoms. The second-order valence-electron chi connectivity index (χ2n) is 5.13. The Bertz CT molecular complexity index is 802. The van der Waals surface area contributed by atoms with Crippen molar-refractivity contribution in [3.05, 3.63) is 65.9 Å². The summed E-state index contributed by atoms with van der Waals surface area (Å²) in [5.41, 5.74) is 2.89. The first-order chi connectivity index (χ1) is 10.2. The minimum absolute atomic E-state index is 0.0476. The fraction of sp³-hybridized carbons (Fsp3) is 0.167. The Morgan fingerprint density at radius 2 is 1.95 bits per heavy atom. The molecule has 0 aliphatic carbocycles. The second kappa shape index (κ2) is 5.44. The number of carbonyl (C=O) groups excluding carboxylic acids is 1. The molecule has 3 rings (SSSR count). The number of methoxy groups -OCH3 is 1. The van der Waals surface area contributed by atoms with Crippen LogP contribution in [0.4, 0.5) is 0 Å². The van der Waals surface area contributed by atoms with Crippen molar-refractivity contribution in [2.75, 3.05) is 7.11 Å². The minimum atomic E-state index is 0.0476. The van der Waals surface area contributed by atoms with Gasteiger partial charge in [-0.1, -0.05) is 24.3 Å². The van der Waals surface area contributed by atoms with Crippen LogP contribution in [0.1, 0.15) is 15.9 Å². The van der Waals surface area contributed by atoms with E-state index in [4.69, 9.17) is 4.74 Å². The van der Waals surface area contributed by atoms with Gasteiger partial charge in [-0.15, -0.1) is 0 Å². The zero-order valence-corrected chi connectivity index (χ0v) is 12.2. The zero-order valence-electron chi connectivity index (χ0n) is 12.2. The number of aryl methyl sites for hydroxylation is 1. The summed E-state index contributed by atoms with van der Waals surface area (Å²) in [4.78, 5) is 12.5. The minimum Gasteiger partial charge on any atom is -0.496 e. The van der Waals surface area contributed by atoms with Crippen LogP contribution in [0.25, 0.3) is 10.9 Å². The molecule has 106 valence electrons. The Kier molecular flexibility index (Phi) is 3.48. The Labute approximate surface area is 123 Å². The highest BCUT2D eigenvalue weighted by molar-refractivity contribution is 5.99. The van der Waals surface area contributed by atoms with E-state index in [0.29, 0.717) is 17.9 Å². The van der Waals surface area contributed by atoms with E-state index in [1.54, 1.807) is 13.2 Å². The summed E-state index contributed by atoms with van der Waals surface area (Å²) < 4.78 is 7.25. The van der Waals surface area contributed by atoms with Crippen molar-refractivity contribution in [2.24, 2.45) is 0 Å². The van der Waals surface area contributed by atoms with Gasteiger partial charge in [-0.25, -0.2) is 0 Å². The van der Waals surface area contributed by atoms with Crippen molar-refractivity contribution in [1.82, 2.24) is 4.57 Å². The number of nitrogens with zero attached hydrogens (tertiary/aromatic N) is 1. The maximum Gasteiger partial charge on any atom is 0.186 e. The van der Waals surface area contributed by atoms with Crippen LogP contribution in [0.3, 0.4) is 0 Å². The van der Waals surface area contributed by atoms with Gasteiger partial charge < -0.3 is 9.30 Å². The predicted octanol–water partition coefficient (Wildman–Crippen LogP) is 3.84. The monoisotopic (exact) mass is 279 g/mol. The van der Waals surface area contributed by atoms with Crippen molar-refractivity contribution in [2.45, 2.75) is 13.5 Å². The molecular formula is C18H17NO2. The quantitative estimate of drug-likeness (QED) is 0.679. The van der Waals surface area contributed by atoms with Crippen LogP contribution in [-0.4, -0.2) is 17.5 Å². The van der Waals surface area contributed by atoms with E-state index < -0.39 is 0 Å². The van der Waals surface area contributed by atoms with E-state index in [2.05, 4.69) is 25.1 Å². The number of aromatic nitrogens is 1. The van der Waals surface area contributed by atoms with Crippen LogP contribution in [0.5, 0.6) is 5.75 Å². The summed E-state index contributed by atoms with van der Waals surface area (Å²) in [5.74, 6) is 0.668. The van der Waals surface area contributed by atoms with Crippen molar-refractivity contribution < 1.29 is 9.53 Å². The lowest BCUT2D eigenvalue weighted by Gasteiger charge is -2.09. The van der Waals surface area contributed by atoms with E-state index in [0.717, 1.165) is 10.9 Å². The van der Waals surface area contributed by atoms with Crippen LogP contribution < -0.4 is 4.74 Å². The number of para-hydroxylation sites is 1. The summed E-state index contributed by atoms with van der Waals surface area (Å²) in [7, 11) is 1.58. The van der Waals surface area contributed by atoms with Crippen LogP contribution in [-0.2, 0) is 6.54 Å². The van der Waals surface area contributed by atoms with Gasteiger partial charge in [0.2, 0.25) is 0 Å². The summed E-state index contributed by atoms with van der Waals surface area (Å²) in [5, 5.41) is 1.15. The molecule has 3 nitrogen and oxygen atoms in total. The highest BCUT2D eigenvalue weighted by Crippen LogP contribution is 2.21. The fourth-order valence-corrected chi connectivity index (χ4v) is 2.55. The summed E-state index contributed by atoms with van der Waals surface area (Å²) in [6.45, 7) is 2.37. The molecule has 0 fully saturated rings. The maximum absolute atomic E-state index is 12.5. The molecule has 0 unspecified atom stereocenters. The van der Waals surface area contributed by atoms with Crippen LogP contribution in [0.15, 0.2) is 54.7 Å². The van der Waals surface area contributed by atoms with Gasteiger partial charge in [0.1, 0.15) is 5.75 Å². The molecule has 0 saturated carbocycles. The van der Waals surface area contributed by atoms with E-state index >= 15 is 0 Å². The number of rotatable bonds is 4. The molecular weight excluding hydrogens is 262 g/mol. The SMILES string of the molecule is COc1ccccc1C(=O)Cn1ccc2ccc(C)cc21. The third-order valence-electron chi connectivity index (χ3n) is 3.65. The van der Waals surface area contributed by atoms with Crippen molar-refractivity contribution in [3.63, 3.8) is 0 Å². The molecule has 2 aromatic carbocycles. The number of fused-ring (bicyclic) bond motifs is 1. The Morgan fingerprint density at radius 1 is 1.14 bits per heavy atom. The maximum atomic E-state index is 12.5. The number of hydrogen-bond acceptors (Lipinski definition) is 2. The van der Waals surface area contributed by atoms with Gasteiger partial charge in [0.15, 0.2) is 5.78 Å². The van der Waals surface area contributed by atoms with Crippen LogP contribution in [0, 0.1) is 6.92 Å². The van der Waals surface area contributed by atoms with Gasteiger partial charge in [-0.2, -0.15) is 0 Å². The van der Waals surface area contributed by atoms with Gasteiger partial charge in [0.25, 0.3) is 0 Å². The lowest BCUT2D eigenvalue weighted by molar-refractivity contribution is 0.0970. The summed E-state index contributed by atoms with van der Waals surface area (Å²) in [6, 6.07) is 15.6. The van der Waals surface area contributed by atoms with Crippen molar-refractivity contribution >= 4 is 16.7 Å². The Balaban J connectivity index is 1.95. The highest BCUT2D eigenvalue weighted by Gasteiger charge is 2.13. The third-order valence-corrected chi connectivity index (χ3v) is 3.65. The molecule has 0 amide bonds. The average molecular weight is 279 g/mol. The van der Waals surface area contributed by atoms with Gasteiger partial charge in [0.05, 0.1) is 19.2 Å². The van der Waals surface area contributed by atoms with Crippen LogP contribution >= 0.6 is 0 Å². The molecule has 0 N–H and O–H groups in total. The molecule has 21 heavy (non-hydrogen) atoms. The Hall–Kier alpha value is -2.55. The third kappa shape index (κ3) is 2.55. The molecule has 1 aromatic heterocycles. The molecule has 0 atom stereocenters. The molecule has 0 aliphatic heterocycles. The van der Waals surface area contributed by atoms with Gasteiger partial charge >= 0.3 is 0 Å². The molecule has 3 heteroatoms. The molecule has 0 bridgehead atoms. The number of ether oxygens (including phenoxy) is 1. The van der Waals surface area contributed by atoms with Gasteiger partial charge in [-0.05, 0) is 42.1 Å². The fourth-order valence-electron chi connectivity index (χ4n) is 2.55. The second-order valence-corrected chi connectivity index (χ2v) is 5.13. The summed E-state index contributed by atoms with van der Waals surface area (Å²) >= 11 is 0. The van der Waals surface area contributed by atoms with E-state index in [9.17, 15) is 4.79 Å². The number of carbonyl (C=O) groups is 1. The lowest BCUT2D eigenvalue weighted by atomic mass is 10.1. The molecule has 1 heterocycles. The van der Waals surface area contributed by atoms with E-state index in [1.807, 2.05) is 35.0 Å². The number of Topliss-reactive ketones (excluding diaryl/α,β-unsaturated/α-hetero) is 1. The largest absolute Gasteiger partial charge is 0.496 e. The van der Waals surface area contributed by atoms with Crippen molar-refractivity contribution in [1.29, 1.82) is 0 Å². The van der Waals surface area contributed by atoms with Crippen molar-refractivity contribution in [3.8, 4) is 5.75 Å². The van der Waals surface area contributed by atoms with E-state index in [1.165, 1.54) is 5.56 Å². The first kappa shape index (κ1) is 13.4. The number of benzene rings is 2. The van der Waals surface area contributed by atoms with E-state index in [-0.39, 0.29) is 5.78 Å². The molecule has 0 radical (unpaired) electrons. The van der Waals surface area contributed by atoms with Crippen LogP contribution in [0.2, 0.25) is 0 Å². The molecule has 0 saturated heterocycles. The average Bonchev–Trinajstić information content (AvgIpc) is 2.89. The highest BCUT2D eigenvalue weighted by atomic mass is 16.5. The first-order valence-electron chi connectivity index (χ1n) is 6.91. The topological polar surface area (TPSA) is 31.2 Å². The normalized spacial score (nSPS) is 10.8. The molecule has 3 aromatic rings.